The Hall–Kier alpha value is -3.48. The maximum atomic E-state index is 12.6. The Morgan fingerprint density at radius 1 is 0.920 bits per heavy atom. The van der Waals surface area contributed by atoms with Crippen LogP contribution in [0.1, 0.15) is 34.6 Å². The van der Waals surface area contributed by atoms with Crippen LogP contribution in [0.3, 0.4) is 0 Å². The topological polar surface area (TPSA) is 92.8 Å². The van der Waals surface area contributed by atoms with Gasteiger partial charge in [-0.15, -0.1) is 0 Å². The first-order valence-corrected chi connectivity index (χ1v) is 7.45. The Balaban J connectivity index is 1.91. The van der Waals surface area contributed by atoms with E-state index in [-0.39, 0.29) is 17.0 Å². The normalized spacial score (nSPS) is 12.8. The van der Waals surface area contributed by atoms with E-state index in [1.807, 2.05) is 0 Å². The summed E-state index contributed by atoms with van der Waals surface area (Å²) in [4.78, 5) is 48.3. The number of benzene rings is 2. The molecule has 2 aromatic carbocycles. The van der Waals surface area contributed by atoms with Crippen molar-refractivity contribution in [1.29, 1.82) is 0 Å². The van der Waals surface area contributed by atoms with Crippen LogP contribution in [-0.2, 0) is 9.59 Å². The van der Waals surface area contributed by atoms with Crippen LogP contribution >= 0.6 is 0 Å². The molecule has 1 aliphatic rings. The summed E-state index contributed by atoms with van der Waals surface area (Å²) in [5.74, 6) is -1.34. The van der Waals surface area contributed by atoms with Crippen molar-refractivity contribution in [1.82, 2.24) is 0 Å². The molecule has 0 radical (unpaired) electrons. The molecule has 1 aliphatic heterocycles. The largest absolute Gasteiger partial charge is 0.427 e. The Labute approximate surface area is 143 Å². The molecular weight excluding hydrogens is 324 g/mol. The molecule has 0 fully saturated rings. The van der Waals surface area contributed by atoms with E-state index in [4.69, 9.17) is 4.74 Å². The molecule has 7 heteroatoms. The van der Waals surface area contributed by atoms with Gasteiger partial charge in [0.1, 0.15) is 5.75 Å². The molecule has 3 rings (SSSR count). The van der Waals surface area contributed by atoms with Crippen molar-refractivity contribution in [2.45, 2.75) is 13.8 Å². The average molecular weight is 338 g/mol. The second kappa shape index (κ2) is 6.20. The summed E-state index contributed by atoms with van der Waals surface area (Å²) < 4.78 is 4.93. The van der Waals surface area contributed by atoms with E-state index < -0.39 is 17.8 Å². The number of anilines is 2. The van der Waals surface area contributed by atoms with E-state index in [1.54, 1.807) is 6.07 Å². The molecule has 0 atom stereocenters. The van der Waals surface area contributed by atoms with Gasteiger partial charge in [0.15, 0.2) is 0 Å². The lowest BCUT2D eigenvalue weighted by Gasteiger charge is -2.14. The minimum absolute atomic E-state index is 0.223. The minimum Gasteiger partial charge on any atom is -0.427 e. The Morgan fingerprint density at radius 2 is 1.56 bits per heavy atom. The third-order valence-corrected chi connectivity index (χ3v) is 3.56. The zero-order valence-electron chi connectivity index (χ0n) is 13.5. The fourth-order valence-electron chi connectivity index (χ4n) is 2.59. The van der Waals surface area contributed by atoms with Gasteiger partial charge in [-0.05, 0) is 42.5 Å². The van der Waals surface area contributed by atoms with E-state index in [2.05, 4.69) is 5.32 Å². The third kappa shape index (κ3) is 3.12. The predicted molar refractivity (Wildman–Crippen MR) is 89.6 cm³/mol. The first-order valence-electron chi connectivity index (χ1n) is 7.45. The number of hydrogen-bond acceptors (Lipinski definition) is 5. The molecule has 0 spiro atoms. The molecule has 126 valence electrons. The number of amides is 3. The summed E-state index contributed by atoms with van der Waals surface area (Å²) in [6, 6.07) is 10.6. The van der Waals surface area contributed by atoms with E-state index in [1.165, 1.54) is 50.2 Å². The lowest BCUT2D eigenvalue weighted by atomic mass is 10.1. The molecule has 0 saturated carbocycles. The van der Waals surface area contributed by atoms with Crippen molar-refractivity contribution in [2.75, 3.05) is 10.2 Å². The zero-order chi connectivity index (χ0) is 18.1. The van der Waals surface area contributed by atoms with Crippen LogP contribution in [0.25, 0.3) is 0 Å². The van der Waals surface area contributed by atoms with Crippen LogP contribution in [0.2, 0.25) is 0 Å². The van der Waals surface area contributed by atoms with Crippen molar-refractivity contribution in [3.8, 4) is 5.75 Å². The van der Waals surface area contributed by atoms with Crippen LogP contribution in [0, 0.1) is 0 Å². The summed E-state index contributed by atoms with van der Waals surface area (Å²) in [6.45, 7) is 2.64. The van der Waals surface area contributed by atoms with E-state index in [0.29, 0.717) is 17.1 Å². The van der Waals surface area contributed by atoms with E-state index in [0.717, 1.165) is 4.90 Å². The number of rotatable bonds is 3. The highest BCUT2D eigenvalue weighted by atomic mass is 16.5. The Kier molecular flexibility index (Phi) is 4.06. The Bertz CT molecular complexity index is 902. The van der Waals surface area contributed by atoms with Crippen LogP contribution in [0.4, 0.5) is 11.4 Å². The van der Waals surface area contributed by atoms with Gasteiger partial charge in [-0.1, -0.05) is 0 Å². The molecule has 0 aliphatic carbocycles. The summed E-state index contributed by atoms with van der Waals surface area (Å²) in [5, 5.41) is 2.58. The van der Waals surface area contributed by atoms with Gasteiger partial charge >= 0.3 is 5.97 Å². The van der Waals surface area contributed by atoms with Crippen LogP contribution < -0.4 is 15.0 Å². The smallest absolute Gasteiger partial charge is 0.308 e. The predicted octanol–water partition coefficient (Wildman–Crippen LogP) is 2.37. The summed E-state index contributed by atoms with van der Waals surface area (Å²) >= 11 is 0. The van der Waals surface area contributed by atoms with E-state index >= 15 is 0 Å². The number of ether oxygens (including phenoxy) is 1. The summed E-state index contributed by atoms with van der Waals surface area (Å²) in [7, 11) is 0. The molecule has 0 saturated heterocycles. The fourth-order valence-corrected chi connectivity index (χ4v) is 2.59. The summed E-state index contributed by atoms with van der Waals surface area (Å²) in [6.07, 6.45) is 0. The third-order valence-electron chi connectivity index (χ3n) is 3.56. The maximum Gasteiger partial charge on any atom is 0.308 e. The van der Waals surface area contributed by atoms with Crippen molar-refractivity contribution in [3.05, 3.63) is 53.6 Å². The van der Waals surface area contributed by atoms with Crippen LogP contribution in [-0.4, -0.2) is 23.7 Å². The van der Waals surface area contributed by atoms with Gasteiger partial charge < -0.3 is 10.1 Å². The van der Waals surface area contributed by atoms with Gasteiger partial charge in [0.2, 0.25) is 5.91 Å². The summed E-state index contributed by atoms with van der Waals surface area (Å²) in [5.41, 5.74) is 1.30. The standard InChI is InChI=1S/C18H14N2O5/c1-10(21)19-12-3-8-15-16(9-12)18(24)20(17(15)23)13-4-6-14(7-5-13)25-11(2)22/h3-9H,1-2H3,(H,19,21). The first kappa shape index (κ1) is 16.4. The van der Waals surface area contributed by atoms with Crippen molar-refractivity contribution < 1.29 is 23.9 Å². The van der Waals surface area contributed by atoms with Crippen LogP contribution in [0.15, 0.2) is 42.5 Å². The molecule has 1 N–H and O–H groups in total. The highest BCUT2D eigenvalue weighted by molar-refractivity contribution is 6.34. The lowest BCUT2D eigenvalue weighted by Crippen LogP contribution is -2.29. The van der Waals surface area contributed by atoms with Gasteiger partial charge in [-0.3, -0.25) is 19.2 Å². The van der Waals surface area contributed by atoms with Gasteiger partial charge in [0.25, 0.3) is 11.8 Å². The minimum atomic E-state index is -0.479. The number of imide groups is 1. The molecular formula is C18H14N2O5. The Morgan fingerprint density at radius 3 is 2.16 bits per heavy atom. The number of hydrogen-bond donors (Lipinski definition) is 1. The molecule has 0 aromatic heterocycles. The molecule has 0 unspecified atom stereocenters. The number of nitrogens with zero attached hydrogens (tertiary/aromatic N) is 1. The van der Waals surface area contributed by atoms with Crippen molar-refractivity contribution in [3.63, 3.8) is 0 Å². The SMILES string of the molecule is CC(=O)Nc1ccc2c(c1)C(=O)N(c1ccc(OC(C)=O)cc1)C2=O. The number of carbonyl (C=O) groups excluding carboxylic acids is 4. The number of esters is 1. The first-order chi connectivity index (χ1) is 11.9. The molecule has 2 aromatic rings. The molecule has 7 nitrogen and oxygen atoms in total. The molecule has 1 heterocycles. The van der Waals surface area contributed by atoms with Gasteiger partial charge in [0.05, 0.1) is 16.8 Å². The quantitative estimate of drug-likeness (QED) is 0.527. The lowest BCUT2D eigenvalue weighted by molar-refractivity contribution is -0.131. The maximum absolute atomic E-state index is 12.6. The number of carbonyl (C=O) groups is 4. The van der Waals surface area contributed by atoms with E-state index in [9.17, 15) is 19.2 Å². The van der Waals surface area contributed by atoms with Gasteiger partial charge in [0, 0.05) is 19.5 Å². The second-order valence-electron chi connectivity index (χ2n) is 5.47. The zero-order valence-corrected chi connectivity index (χ0v) is 13.5. The number of fused-ring (bicyclic) bond motifs is 1. The van der Waals surface area contributed by atoms with Crippen molar-refractivity contribution in [2.24, 2.45) is 0 Å². The van der Waals surface area contributed by atoms with Gasteiger partial charge in [-0.2, -0.15) is 0 Å². The molecule has 0 bridgehead atoms. The number of nitrogens with one attached hydrogen (secondary N) is 1. The van der Waals surface area contributed by atoms with Gasteiger partial charge in [-0.25, -0.2) is 4.90 Å². The highest BCUT2D eigenvalue weighted by Crippen LogP contribution is 2.31. The van der Waals surface area contributed by atoms with Crippen molar-refractivity contribution >= 4 is 35.1 Å². The average Bonchev–Trinajstić information content (AvgIpc) is 2.78. The highest BCUT2D eigenvalue weighted by Gasteiger charge is 2.36. The molecule has 25 heavy (non-hydrogen) atoms. The fraction of sp³-hybridized carbons (Fsp3) is 0.111. The second-order valence-corrected chi connectivity index (χ2v) is 5.47. The van der Waals surface area contributed by atoms with Crippen LogP contribution in [0.5, 0.6) is 5.75 Å². The monoisotopic (exact) mass is 338 g/mol. The molecule has 3 amide bonds.